The fourth-order valence-electron chi connectivity index (χ4n) is 1.70. The first-order chi connectivity index (χ1) is 8.67. The summed E-state index contributed by atoms with van der Waals surface area (Å²) in [4.78, 5) is 23.5. The fraction of sp³-hybridized carbons (Fsp3) is 0.750. The minimum Gasteiger partial charge on any atom is -0.409 e. The van der Waals surface area contributed by atoms with Crippen molar-refractivity contribution in [3.63, 3.8) is 0 Å². The molecule has 110 valence electrons. The van der Waals surface area contributed by atoms with Crippen LogP contribution in [0.5, 0.6) is 0 Å². The molecule has 0 rings (SSSR count). The number of hydrogen-bond donors (Lipinski definition) is 4. The maximum Gasteiger partial charge on any atom is 0.233 e. The van der Waals surface area contributed by atoms with Crippen molar-refractivity contribution in [3.8, 4) is 0 Å². The summed E-state index contributed by atoms with van der Waals surface area (Å²) in [5.74, 6) is -1.01. The van der Waals surface area contributed by atoms with Crippen LogP contribution in [-0.2, 0) is 9.59 Å². The molecular formula is C12H24N4O3. The Balaban J connectivity index is 5.02. The van der Waals surface area contributed by atoms with Gasteiger partial charge in [-0.05, 0) is 26.7 Å². The molecule has 0 radical (unpaired) electrons. The van der Waals surface area contributed by atoms with Crippen LogP contribution in [0.1, 0.15) is 40.5 Å². The van der Waals surface area contributed by atoms with Gasteiger partial charge in [0, 0.05) is 6.54 Å². The number of carbonyl (C=O) groups is 2. The van der Waals surface area contributed by atoms with E-state index in [1.54, 1.807) is 27.7 Å². The SMILES string of the molecule is CCC(CC)(C(=O)NCC(C)(C)C(N)=O)C(N)=NO. The molecule has 0 aromatic heterocycles. The molecule has 0 aromatic rings. The standard InChI is InChI=1S/C12H24N4O3/c1-5-12(6-2,8(13)16-19)10(18)15-7-11(3,4)9(14)17/h19H,5-7H2,1-4H3,(H2,13,16)(H2,14,17)(H,15,18). The van der Waals surface area contributed by atoms with Gasteiger partial charge in [-0.15, -0.1) is 0 Å². The summed E-state index contributed by atoms with van der Waals surface area (Å²) >= 11 is 0. The van der Waals surface area contributed by atoms with Gasteiger partial charge in [-0.25, -0.2) is 0 Å². The number of nitrogens with two attached hydrogens (primary N) is 2. The number of nitrogens with one attached hydrogen (secondary N) is 1. The number of hydrogen-bond acceptors (Lipinski definition) is 4. The third-order valence-electron chi connectivity index (χ3n) is 3.60. The molecule has 19 heavy (non-hydrogen) atoms. The molecule has 0 heterocycles. The average Bonchev–Trinajstić information content (AvgIpc) is 2.37. The molecule has 0 aliphatic heterocycles. The summed E-state index contributed by atoms with van der Waals surface area (Å²) in [5, 5.41) is 14.4. The highest BCUT2D eigenvalue weighted by Crippen LogP contribution is 2.27. The van der Waals surface area contributed by atoms with Crippen molar-refractivity contribution in [1.29, 1.82) is 0 Å². The Morgan fingerprint density at radius 3 is 2.00 bits per heavy atom. The molecule has 0 aliphatic carbocycles. The highest BCUT2D eigenvalue weighted by atomic mass is 16.4. The van der Waals surface area contributed by atoms with E-state index in [9.17, 15) is 9.59 Å². The quantitative estimate of drug-likeness (QED) is 0.227. The molecule has 0 atom stereocenters. The van der Waals surface area contributed by atoms with E-state index >= 15 is 0 Å². The summed E-state index contributed by atoms with van der Waals surface area (Å²) < 4.78 is 0. The Bertz CT molecular complexity index is 373. The van der Waals surface area contributed by atoms with Crippen molar-refractivity contribution in [3.05, 3.63) is 0 Å². The van der Waals surface area contributed by atoms with Crippen molar-refractivity contribution in [1.82, 2.24) is 5.32 Å². The van der Waals surface area contributed by atoms with Crippen LogP contribution < -0.4 is 16.8 Å². The van der Waals surface area contributed by atoms with Gasteiger partial charge in [0.25, 0.3) is 0 Å². The molecule has 7 heteroatoms. The van der Waals surface area contributed by atoms with Crippen LogP contribution in [-0.4, -0.2) is 29.4 Å². The molecule has 0 aromatic carbocycles. The minimum atomic E-state index is -1.07. The highest BCUT2D eigenvalue weighted by molar-refractivity contribution is 6.06. The molecule has 0 spiro atoms. The number of amides is 2. The van der Waals surface area contributed by atoms with Crippen LogP contribution in [0.15, 0.2) is 5.16 Å². The molecular weight excluding hydrogens is 248 g/mol. The van der Waals surface area contributed by atoms with Crippen LogP contribution >= 0.6 is 0 Å². The summed E-state index contributed by atoms with van der Waals surface area (Å²) in [7, 11) is 0. The predicted molar refractivity (Wildman–Crippen MR) is 72.4 cm³/mol. The average molecular weight is 272 g/mol. The first-order valence-corrected chi connectivity index (χ1v) is 6.24. The minimum absolute atomic E-state index is 0.0988. The highest BCUT2D eigenvalue weighted by Gasteiger charge is 2.40. The fourth-order valence-corrected chi connectivity index (χ4v) is 1.70. The Kier molecular flexibility index (Phi) is 5.80. The Morgan fingerprint density at radius 1 is 1.21 bits per heavy atom. The van der Waals surface area contributed by atoms with Crippen LogP contribution in [0.3, 0.4) is 0 Å². The van der Waals surface area contributed by atoms with Gasteiger partial charge in [0.1, 0.15) is 5.41 Å². The largest absolute Gasteiger partial charge is 0.409 e. The van der Waals surface area contributed by atoms with Crippen molar-refractivity contribution in [2.75, 3.05) is 6.54 Å². The van der Waals surface area contributed by atoms with Crippen LogP contribution in [0.2, 0.25) is 0 Å². The van der Waals surface area contributed by atoms with Gasteiger partial charge in [0.2, 0.25) is 11.8 Å². The molecule has 0 saturated heterocycles. The van der Waals surface area contributed by atoms with Crippen molar-refractivity contribution < 1.29 is 14.8 Å². The number of nitrogens with zero attached hydrogens (tertiary/aromatic N) is 1. The maximum atomic E-state index is 12.3. The molecule has 0 aliphatic rings. The van der Waals surface area contributed by atoms with Crippen molar-refractivity contribution in [2.45, 2.75) is 40.5 Å². The number of rotatable bonds is 7. The predicted octanol–water partition coefficient (Wildman–Crippen LogP) is 0.167. The first-order valence-electron chi connectivity index (χ1n) is 6.24. The van der Waals surface area contributed by atoms with Gasteiger partial charge in [-0.1, -0.05) is 19.0 Å². The molecule has 2 amide bonds. The Hall–Kier alpha value is -1.79. The molecule has 0 fully saturated rings. The Labute approximate surface area is 113 Å². The lowest BCUT2D eigenvalue weighted by atomic mass is 9.79. The third kappa shape index (κ3) is 3.59. The van der Waals surface area contributed by atoms with Gasteiger partial charge < -0.3 is 22.0 Å². The molecule has 0 bridgehead atoms. The zero-order valence-electron chi connectivity index (χ0n) is 12.0. The molecule has 0 saturated carbocycles. The van der Waals surface area contributed by atoms with Crippen molar-refractivity contribution in [2.24, 2.45) is 27.5 Å². The van der Waals surface area contributed by atoms with Crippen LogP contribution in [0, 0.1) is 10.8 Å². The van der Waals surface area contributed by atoms with E-state index in [1.165, 1.54) is 0 Å². The summed E-state index contributed by atoms with van der Waals surface area (Å²) in [5.41, 5.74) is 8.94. The molecule has 7 nitrogen and oxygen atoms in total. The van der Waals surface area contributed by atoms with E-state index in [1.807, 2.05) is 0 Å². The van der Waals surface area contributed by atoms with E-state index < -0.39 is 16.7 Å². The summed E-state index contributed by atoms with van der Waals surface area (Å²) in [6.07, 6.45) is 0.782. The summed E-state index contributed by atoms with van der Waals surface area (Å²) in [6, 6.07) is 0. The second kappa shape index (κ2) is 6.40. The number of amidine groups is 1. The van der Waals surface area contributed by atoms with Gasteiger partial charge in [0.05, 0.1) is 5.41 Å². The smallest absolute Gasteiger partial charge is 0.233 e. The van der Waals surface area contributed by atoms with Crippen LogP contribution in [0.25, 0.3) is 0 Å². The summed E-state index contributed by atoms with van der Waals surface area (Å²) in [6.45, 7) is 6.93. The lowest BCUT2D eigenvalue weighted by molar-refractivity contribution is -0.130. The van der Waals surface area contributed by atoms with E-state index in [4.69, 9.17) is 16.7 Å². The number of oxime groups is 1. The van der Waals surface area contributed by atoms with E-state index in [0.717, 1.165) is 0 Å². The van der Waals surface area contributed by atoms with E-state index in [0.29, 0.717) is 12.8 Å². The maximum absolute atomic E-state index is 12.3. The van der Waals surface area contributed by atoms with Crippen LogP contribution in [0.4, 0.5) is 0 Å². The first kappa shape index (κ1) is 17.2. The van der Waals surface area contributed by atoms with Gasteiger partial charge in [-0.3, -0.25) is 9.59 Å². The normalized spacial score (nSPS) is 13.2. The topological polar surface area (TPSA) is 131 Å². The van der Waals surface area contributed by atoms with E-state index in [-0.39, 0.29) is 18.3 Å². The van der Waals surface area contributed by atoms with Gasteiger partial charge >= 0.3 is 0 Å². The third-order valence-corrected chi connectivity index (χ3v) is 3.60. The lowest BCUT2D eigenvalue weighted by Gasteiger charge is -2.30. The second-order valence-electron chi connectivity index (χ2n) is 5.21. The number of carbonyl (C=O) groups excluding carboxylic acids is 2. The monoisotopic (exact) mass is 272 g/mol. The molecule has 0 unspecified atom stereocenters. The Morgan fingerprint density at radius 2 is 1.68 bits per heavy atom. The zero-order valence-corrected chi connectivity index (χ0v) is 12.0. The zero-order chi connectivity index (χ0) is 15.3. The van der Waals surface area contributed by atoms with Gasteiger partial charge in [-0.2, -0.15) is 0 Å². The number of primary amides is 1. The second-order valence-corrected chi connectivity index (χ2v) is 5.21. The lowest BCUT2D eigenvalue weighted by Crippen LogP contribution is -2.52. The van der Waals surface area contributed by atoms with E-state index in [2.05, 4.69) is 10.5 Å². The molecule has 6 N–H and O–H groups in total. The van der Waals surface area contributed by atoms with Crippen molar-refractivity contribution >= 4 is 17.6 Å². The van der Waals surface area contributed by atoms with Gasteiger partial charge in [0.15, 0.2) is 5.84 Å².